The molecule has 132 valence electrons. The second kappa shape index (κ2) is 7.49. The first kappa shape index (κ1) is 16.5. The van der Waals surface area contributed by atoms with Gasteiger partial charge in [-0.2, -0.15) is 5.10 Å². The fourth-order valence-electron chi connectivity index (χ4n) is 3.14. The van der Waals surface area contributed by atoms with Crippen LogP contribution in [0.2, 0.25) is 0 Å². The number of aromatic nitrogens is 3. The SMILES string of the molecule is O=C(c1ccn[nH]1)N1CCOC(c2cccc(Cc3ccccc3)n2)C1. The van der Waals surface area contributed by atoms with Crippen molar-refractivity contribution in [2.45, 2.75) is 12.5 Å². The summed E-state index contributed by atoms with van der Waals surface area (Å²) in [5, 5.41) is 6.58. The van der Waals surface area contributed by atoms with E-state index in [1.807, 2.05) is 36.4 Å². The number of nitrogens with zero attached hydrogens (tertiary/aromatic N) is 3. The first-order valence-electron chi connectivity index (χ1n) is 8.69. The molecule has 0 radical (unpaired) electrons. The van der Waals surface area contributed by atoms with E-state index in [1.54, 1.807) is 17.2 Å². The third-order valence-electron chi connectivity index (χ3n) is 4.47. The Morgan fingerprint density at radius 1 is 1.15 bits per heavy atom. The highest BCUT2D eigenvalue weighted by Gasteiger charge is 2.27. The molecule has 1 aromatic carbocycles. The summed E-state index contributed by atoms with van der Waals surface area (Å²) in [5.41, 5.74) is 3.57. The number of carbonyl (C=O) groups is 1. The lowest BCUT2D eigenvalue weighted by Gasteiger charge is -2.32. The van der Waals surface area contributed by atoms with Gasteiger partial charge in [0.1, 0.15) is 11.8 Å². The first-order valence-corrected chi connectivity index (χ1v) is 8.69. The zero-order valence-corrected chi connectivity index (χ0v) is 14.3. The number of hydrogen-bond acceptors (Lipinski definition) is 4. The molecule has 6 heteroatoms. The van der Waals surface area contributed by atoms with Crippen molar-refractivity contribution in [3.05, 3.63) is 83.4 Å². The van der Waals surface area contributed by atoms with E-state index in [2.05, 4.69) is 22.3 Å². The Balaban J connectivity index is 1.48. The van der Waals surface area contributed by atoms with Crippen LogP contribution in [0.15, 0.2) is 60.8 Å². The largest absolute Gasteiger partial charge is 0.368 e. The summed E-state index contributed by atoms with van der Waals surface area (Å²) >= 11 is 0. The van der Waals surface area contributed by atoms with E-state index in [9.17, 15) is 4.79 Å². The molecule has 26 heavy (non-hydrogen) atoms. The number of rotatable bonds is 4. The summed E-state index contributed by atoms with van der Waals surface area (Å²) in [7, 11) is 0. The molecular formula is C20H20N4O2. The van der Waals surface area contributed by atoms with Crippen molar-refractivity contribution in [1.82, 2.24) is 20.1 Å². The number of amides is 1. The number of H-pyrrole nitrogens is 1. The molecule has 1 fully saturated rings. The first-order chi connectivity index (χ1) is 12.8. The van der Waals surface area contributed by atoms with Crippen molar-refractivity contribution in [1.29, 1.82) is 0 Å². The van der Waals surface area contributed by atoms with Crippen molar-refractivity contribution in [2.75, 3.05) is 19.7 Å². The van der Waals surface area contributed by atoms with Crippen LogP contribution >= 0.6 is 0 Å². The molecule has 1 aliphatic heterocycles. The predicted molar refractivity (Wildman–Crippen MR) is 96.7 cm³/mol. The molecule has 4 rings (SSSR count). The summed E-state index contributed by atoms with van der Waals surface area (Å²) in [6.45, 7) is 1.55. The van der Waals surface area contributed by atoms with E-state index in [4.69, 9.17) is 9.72 Å². The summed E-state index contributed by atoms with van der Waals surface area (Å²) in [4.78, 5) is 19.1. The number of carbonyl (C=O) groups excluding carboxylic acids is 1. The topological polar surface area (TPSA) is 71.1 Å². The summed E-state index contributed by atoms with van der Waals surface area (Å²) in [6.07, 6.45) is 2.14. The Bertz CT molecular complexity index is 865. The van der Waals surface area contributed by atoms with Gasteiger partial charge in [0.25, 0.3) is 5.91 Å². The van der Waals surface area contributed by atoms with Gasteiger partial charge in [-0.3, -0.25) is 14.9 Å². The van der Waals surface area contributed by atoms with Crippen LogP contribution < -0.4 is 0 Å². The van der Waals surface area contributed by atoms with Gasteiger partial charge in [-0.1, -0.05) is 36.4 Å². The molecule has 1 unspecified atom stereocenters. The molecular weight excluding hydrogens is 328 g/mol. The van der Waals surface area contributed by atoms with Crippen molar-refractivity contribution in [3.8, 4) is 0 Å². The Labute approximate surface area is 151 Å². The highest BCUT2D eigenvalue weighted by molar-refractivity contribution is 5.92. The van der Waals surface area contributed by atoms with Crippen LogP contribution in [0.25, 0.3) is 0 Å². The third kappa shape index (κ3) is 3.65. The Morgan fingerprint density at radius 2 is 2.04 bits per heavy atom. The number of pyridine rings is 1. The van der Waals surface area contributed by atoms with E-state index in [0.29, 0.717) is 25.4 Å². The van der Waals surface area contributed by atoms with Gasteiger partial charge >= 0.3 is 0 Å². The summed E-state index contributed by atoms with van der Waals surface area (Å²) < 4.78 is 5.88. The Kier molecular flexibility index (Phi) is 4.75. The van der Waals surface area contributed by atoms with Gasteiger partial charge in [0.15, 0.2) is 0 Å². The summed E-state index contributed by atoms with van der Waals surface area (Å²) in [6, 6.07) is 17.9. The molecule has 0 aliphatic carbocycles. The zero-order chi connectivity index (χ0) is 17.8. The minimum Gasteiger partial charge on any atom is -0.368 e. The van der Waals surface area contributed by atoms with E-state index < -0.39 is 0 Å². The van der Waals surface area contributed by atoms with E-state index in [-0.39, 0.29) is 12.0 Å². The molecule has 3 aromatic rings. The maximum atomic E-state index is 12.5. The van der Waals surface area contributed by atoms with Gasteiger partial charge in [-0.05, 0) is 23.8 Å². The van der Waals surface area contributed by atoms with Crippen LogP contribution in [-0.2, 0) is 11.2 Å². The predicted octanol–water partition coefficient (Wildman–Crippen LogP) is 2.61. The number of aromatic amines is 1. The van der Waals surface area contributed by atoms with E-state index in [1.165, 1.54) is 5.56 Å². The monoisotopic (exact) mass is 348 g/mol. The lowest BCUT2D eigenvalue weighted by atomic mass is 10.1. The molecule has 0 saturated carbocycles. The second-order valence-corrected chi connectivity index (χ2v) is 6.30. The molecule has 1 aliphatic rings. The second-order valence-electron chi connectivity index (χ2n) is 6.30. The highest BCUT2D eigenvalue weighted by Crippen LogP contribution is 2.22. The van der Waals surface area contributed by atoms with Crippen LogP contribution in [0.3, 0.4) is 0 Å². The number of benzene rings is 1. The van der Waals surface area contributed by atoms with E-state index >= 15 is 0 Å². The summed E-state index contributed by atoms with van der Waals surface area (Å²) in [5.74, 6) is -0.0590. The molecule has 2 aromatic heterocycles. The average Bonchev–Trinajstić information content (AvgIpc) is 3.23. The number of morpholine rings is 1. The minimum absolute atomic E-state index is 0.0590. The molecule has 3 heterocycles. The lowest BCUT2D eigenvalue weighted by molar-refractivity contribution is -0.0249. The zero-order valence-electron chi connectivity index (χ0n) is 14.3. The molecule has 1 saturated heterocycles. The van der Waals surface area contributed by atoms with Crippen molar-refractivity contribution >= 4 is 5.91 Å². The van der Waals surface area contributed by atoms with Crippen molar-refractivity contribution in [2.24, 2.45) is 0 Å². The fraction of sp³-hybridized carbons (Fsp3) is 0.250. The fourth-order valence-corrected chi connectivity index (χ4v) is 3.14. The Hall–Kier alpha value is -2.99. The normalized spacial score (nSPS) is 17.2. The van der Waals surface area contributed by atoms with Gasteiger partial charge < -0.3 is 9.64 Å². The molecule has 1 N–H and O–H groups in total. The molecule has 0 bridgehead atoms. The minimum atomic E-state index is -0.216. The molecule has 1 atom stereocenters. The van der Waals surface area contributed by atoms with Gasteiger partial charge in [-0.25, -0.2) is 0 Å². The van der Waals surface area contributed by atoms with Crippen LogP contribution in [0.5, 0.6) is 0 Å². The third-order valence-corrected chi connectivity index (χ3v) is 4.47. The van der Waals surface area contributed by atoms with Gasteiger partial charge in [0.05, 0.1) is 18.8 Å². The average molecular weight is 348 g/mol. The highest BCUT2D eigenvalue weighted by atomic mass is 16.5. The maximum absolute atomic E-state index is 12.5. The van der Waals surface area contributed by atoms with Crippen LogP contribution in [0, 0.1) is 0 Å². The van der Waals surface area contributed by atoms with Crippen LogP contribution in [0.4, 0.5) is 0 Å². The van der Waals surface area contributed by atoms with Gasteiger partial charge in [-0.15, -0.1) is 0 Å². The Morgan fingerprint density at radius 3 is 2.85 bits per heavy atom. The lowest BCUT2D eigenvalue weighted by Crippen LogP contribution is -2.42. The number of ether oxygens (including phenoxy) is 1. The molecule has 1 amide bonds. The molecule has 0 spiro atoms. The van der Waals surface area contributed by atoms with E-state index in [0.717, 1.165) is 17.8 Å². The molecule has 6 nitrogen and oxygen atoms in total. The smallest absolute Gasteiger partial charge is 0.272 e. The van der Waals surface area contributed by atoms with Gasteiger partial charge in [0, 0.05) is 24.9 Å². The van der Waals surface area contributed by atoms with Crippen molar-refractivity contribution < 1.29 is 9.53 Å². The maximum Gasteiger partial charge on any atom is 0.272 e. The van der Waals surface area contributed by atoms with Gasteiger partial charge in [0.2, 0.25) is 0 Å². The van der Waals surface area contributed by atoms with Crippen LogP contribution in [0.1, 0.15) is 33.5 Å². The quantitative estimate of drug-likeness (QED) is 0.787. The number of nitrogens with one attached hydrogen (secondary N) is 1. The van der Waals surface area contributed by atoms with Crippen molar-refractivity contribution in [3.63, 3.8) is 0 Å². The standard InChI is InChI=1S/C20H20N4O2/c25-20(18-9-10-21-23-18)24-11-12-26-19(14-24)17-8-4-7-16(22-17)13-15-5-2-1-3-6-15/h1-10,19H,11-14H2,(H,21,23). The van der Waals surface area contributed by atoms with Crippen LogP contribution in [-0.4, -0.2) is 45.7 Å². The number of hydrogen-bond donors (Lipinski definition) is 1.